The molecule has 0 unspecified atom stereocenters. The summed E-state index contributed by atoms with van der Waals surface area (Å²) < 4.78 is 0. The molecule has 0 saturated carbocycles. The fourth-order valence-corrected chi connectivity index (χ4v) is 0.953. The van der Waals surface area contributed by atoms with E-state index in [0.717, 1.165) is 0 Å². The van der Waals surface area contributed by atoms with Crippen LogP contribution in [0.5, 0.6) is 0 Å². The van der Waals surface area contributed by atoms with Crippen molar-refractivity contribution in [3.05, 3.63) is 23.2 Å². The number of alkyl halides is 2. The molecule has 1 N–H and O–H groups in total. The van der Waals surface area contributed by atoms with Crippen molar-refractivity contribution in [2.75, 3.05) is 6.54 Å². The molecular weight excluding hydrogens is 248 g/mol. The van der Waals surface area contributed by atoms with E-state index in [4.69, 9.17) is 34.8 Å². The van der Waals surface area contributed by atoms with Gasteiger partial charge in [0.2, 0.25) is 5.28 Å². The van der Waals surface area contributed by atoms with Gasteiger partial charge in [-0.25, -0.2) is 9.97 Å². The second-order valence-corrected chi connectivity index (χ2v) is 3.96. The average Bonchev–Trinajstić information content (AvgIpc) is 2.15. The van der Waals surface area contributed by atoms with Gasteiger partial charge in [0.1, 0.15) is 4.84 Å². The summed E-state index contributed by atoms with van der Waals surface area (Å²) in [5.41, 5.74) is 0.309. The number of hydrogen-bond donors (Lipinski definition) is 1. The number of aromatic nitrogens is 2. The summed E-state index contributed by atoms with van der Waals surface area (Å²) in [4.78, 5) is 18.0. The molecule has 0 aliphatic rings. The highest BCUT2D eigenvalue weighted by Gasteiger charge is 2.07. The van der Waals surface area contributed by atoms with Gasteiger partial charge in [-0.3, -0.25) is 4.79 Å². The maximum atomic E-state index is 11.3. The van der Waals surface area contributed by atoms with Crippen LogP contribution in [0.15, 0.2) is 12.4 Å². The zero-order valence-electron chi connectivity index (χ0n) is 6.88. The van der Waals surface area contributed by atoms with Gasteiger partial charge < -0.3 is 5.32 Å². The van der Waals surface area contributed by atoms with Crippen molar-refractivity contribution >= 4 is 40.7 Å². The van der Waals surface area contributed by atoms with Gasteiger partial charge in [-0.15, -0.1) is 23.2 Å². The molecule has 1 rings (SSSR count). The number of carbonyl (C=O) groups is 1. The molecule has 0 bridgehead atoms. The van der Waals surface area contributed by atoms with E-state index in [1.165, 1.54) is 12.4 Å². The zero-order chi connectivity index (χ0) is 10.6. The second-order valence-electron chi connectivity index (χ2n) is 2.34. The van der Waals surface area contributed by atoms with Crippen molar-refractivity contribution in [1.29, 1.82) is 0 Å². The summed E-state index contributed by atoms with van der Waals surface area (Å²) in [5.74, 6) is -0.340. The second kappa shape index (κ2) is 5.34. The number of carbonyl (C=O) groups excluding carboxylic acids is 1. The third-order valence-electron chi connectivity index (χ3n) is 1.30. The van der Waals surface area contributed by atoms with Gasteiger partial charge in [0.05, 0.1) is 5.56 Å². The lowest BCUT2D eigenvalue weighted by molar-refractivity contribution is 0.0954. The summed E-state index contributed by atoms with van der Waals surface area (Å²) in [6.07, 6.45) is 2.64. The Balaban J connectivity index is 2.57. The van der Waals surface area contributed by atoms with Crippen molar-refractivity contribution < 1.29 is 4.79 Å². The molecule has 0 spiro atoms. The Morgan fingerprint density at radius 1 is 1.43 bits per heavy atom. The predicted octanol–water partition coefficient (Wildman–Crippen LogP) is 1.66. The van der Waals surface area contributed by atoms with E-state index in [0.29, 0.717) is 5.56 Å². The molecule has 1 aromatic rings. The SMILES string of the molecule is O=C(NCC(Cl)Cl)c1cnc(Cl)nc1. The van der Waals surface area contributed by atoms with Crippen molar-refractivity contribution in [3.63, 3.8) is 0 Å². The quantitative estimate of drug-likeness (QED) is 0.659. The Labute approximate surface area is 95.6 Å². The van der Waals surface area contributed by atoms with Crippen LogP contribution in [-0.4, -0.2) is 27.3 Å². The molecule has 0 atom stereocenters. The molecule has 1 heterocycles. The molecule has 76 valence electrons. The van der Waals surface area contributed by atoms with E-state index in [-0.39, 0.29) is 17.7 Å². The van der Waals surface area contributed by atoms with Crippen LogP contribution in [0.2, 0.25) is 5.28 Å². The van der Waals surface area contributed by atoms with Crippen LogP contribution in [0.1, 0.15) is 10.4 Å². The Morgan fingerprint density at radius 3 is 2.50 bits per heavy atom. The standard InChI is InChI=1S/C7H6Cl3N3O/c8-5(9)3-11-6(14)4-1-12-7(10)13-2-4/h1-2,5H,3H2,(H,11,14). The topological polar surface area (TPSA) is 54.9 Å². The Morgan fingerprint density at radius 2 is 2.00 bits per heavy atom. The Bertz CT molecular complexity index is 314. The molecule has 0 saturated heterocycles. The van der Waals surface area contributed by atoms with Crippen molar-refractivity contribution in [2.24, 2.45) is 0 Å². The number of rotatable bonds is 3. The molecule has 1 amide bonds. The third-order valence-corrected chi connectivity index (χ3v) is 1.80. The highest BCUT2D eigenvalue weighted by molar-refractivity contribution is 6.44. The first-order valence-corrected chi connectivity index (χ1v) is 4.88. The van der Waals surface area contributed by atoms with Crippen molar-refractivity contribution in [2.45, 2.75) is 4.84 Å². The van der Waals surface area contributed by atoms with E-state index < -0.39 is 4.84 Å². The number of nitrogens with one attached hydrogen (secondary N) is 1. The molecule has 1 aromatic heterocycles. The van der Waals surface area contributed by atoms with E-state index in [1.54, 1.807) is 0 Å². The molecule has 0 aromatic carbocycles. The normalized spacial score (nSPS) is 10.3. The van der Waals surface area contributed by atoms with Gasteiger partial charge in [-0.05, 0) is 11.6 Å². The van der Waals surface area contributed by atoms with E-state index in [1.807, 2.05) is 0 Å². The summed E-state index contributed by atoms with van der Waals surface area (Å²) in [6.45, 7) is 0.171. The van der Waals surface area contributed by atoms with Crippen LogP contribution in [0, 0.1) is 0 Å². The van der Waals surface area contributed by atoms with Crippen molar-refractivity contribution in [1.82, 2.24) is 15.3 Å². The van der Waals surface area contributed by atoms with Gasteiger partial charge in [-0.2, -0.15) is 0 Å². The molecule has 4 nitrogen and oxygen atoms in total. The molecule has 0 radical (unpaired) electrons. The molecule has 14 heavy (non-hydrogen) atoms. The highest BCUT2D eigenvalue weighted by Crippen LogP contribution is 2.02. The largest absolute Gasteiger partial charge is 0.349 e. The third kappa shape index (κ3) is 3.65. The zero-order valence-corrected chi connectivity index (χ0v) is 9.14. The molecular formula is C7H6Cl3N3O. The van der Waals surface area contributed by atoms with Crippen LogP contribution >= 0.6 is 34.8 Å². The van der Waals surface area contributed by atoms with Gasteiger partial charge in [0.15, 0.2) is 0 Å². The van der Waals surface area contributed by atoms with Gasteiger partial charge in [0, 0.05) is 18.9 Å². The van der Waals surface area contributed by atoms with Gasteiger partial charge in [0.25, 0.3) is 5.91 Å². The molecule has 7 heteroatoms. The first-order chi connectivity index (χ1) is 6.59. The summed E-state index contributed by atoms with van der Waals surface area (Å²) in [6, 6.07) is 0. The van der Waals surface area contributed by atoms with Gasteiger partial charge in [-0.1, -0.05) is 0 Å². The maximum absolute atomic E-state index is 11.3. The van der Waals surface area contributed by atoms with E-state index in [9.17, 15) is 4.79 Å². The number of amides is 1. The van der Waals surface area contributed by atoms with E-state index >= 15 is 0 Å². The van der Waals surface area contributed by atoms with Crippen LogP contribution < -0.4 is 5.32 Å². The highest BCUT2D eigenvalue weighted by atomic mass is 35.5. The molecule has 0 aliphatic carbocycles. The van der Waals surface area contributed by atoms with Crippen LogP contribution in [0.4, 0.5) is 0 Å². The number of hydrogen-bond acceptors (Lipinski definition) is 3. The fraction of sp³-hybridized carbons (Fsp3) is 0.286. The minimum Gasteiger partial charge on any atom is -0.349 e. The van der Waals surface area contributed by atoms with Crippen LogP contribution in [-0.2, 0) is 0 Å². The maximum Gasteiger partial charge on any atom is 0.254 e. The first-order valence-electron chi connectivity index (χ1n) is 3.63. The lowest BCUT2D eigenvalue weighted by atomic mass is 10.3. The number of halogens is 3. The summed E-state index contributed by atoms with van der Waals surface area (Å²) in [5, 5.41) is 2.58. The Hall–Kier alpha value is -0.580. The predicted molar refractivity (Wildman–Crippen MR) is 54.9 cm³/mol. The number of nitrogens with zero attached hydrogens (tertiary/aromatic N) is 2. The first kappa shape index (κ1) is 11.5. The fourth-order valence-electron chi connectivity index (χ4n) is 0.701. The lowest BCUT2D eigenvalue weighted by Crippen LogP contribution is -2.27. The molecule has 0 fully saturated rings. The minimum absolute atomic E-state index is 0.0918. The van der Waals surface area contributed by atoms with Crippen molar-refractivity contribution in [3.8, 4) is 0 Å². The van der Waals surface area contributed by atoms with Crippen LogP contribution in [0.25, 0.3) is 0 Å². The summed E-state index contributed by atoms with van der Waals surface area (Å²) >= 11 is 16.3. The molecule has 0 aliphatic heterocycles. The minimum atomic E-state index is -0.632. The lowest BCUT2D eigenvalue weighted by Gasteiger charge is -2.04. The van der Waals surface area contributed by atoms with E-state index in [2.05, 4.69) is 15.3 Å². The van der Waals surface area contributed by atoms with Gasteiger partial charge >= 0.3 is 0 Å². The average molecular weight is 255 g/mol. The smallest absolute Gasteiger partial charge is 0.254 e. The Kier molecular flexibility index (Phi) is 4.38. The summed E-state index contributed by atoms with van der Waals surface area (Å²) in [7, 11) is 0. The monoisotopic (exact) mass is 253 g/mol. The van der Waals surface area contributed by atoms with Crippen LogP contribution in [0.3, 0.4) is 0 Å².